The number of benzene rings is 1. The minimum absolute atomic E-state index is 0.128. The molecule has 1 aliphatic carbocycles. The molecule has 21 heavy (non-hydrogen) atoms. The molecule has 1 fully saturated rings. The minimum Gasteiger partial charge on any atom is -0.479 e. The number of rotatable bonds is 6. The monoisotopic (exact) mass is 287 g/mol. The van der Waals surface area contributed by atoms with Crippen molar-refractivity contribution in [2.45, 2.75) is 31.3 Å². The molecule has 1 aliphatic rings. The van der Waals surface area contributed by atoms with Gasteiger partial charge in [0.25, 0.3) is 0 Å². The van der Waals surface area contributed by atoms with Gasteiger partial charge in [0.05, 0.1) is 12.5 Å². The fourth-order valence-electron chi connectivity index (χ4n) is 2.15. The molecule has 2 amide bonds. The Balaban J connectivity index is 2.07. The molecule has 0 heterocycles. The predicted octanol–water partition coefficient (Wildman–Crippen LogP) is 1.90. The molecule has 0 saturated heterocycles. The van der Waals surface area contributed by atoms with E-state index in [4.69, 9.17) is 5.26 Å². The summed E-state index contributed by atoms with van der Waals surface area (Å²) in [6, 6.07) is 9.19. The predicted molar refractivity (Wildman–Crippen MR) is 75.3 cm³/mol. The second-order valence-corrected chi connectivity index (χ2v) is 4.96. The summed E-state index contributed by atoms with van der Waals surface area (Å²) < 4.78 is 0. The largest absolute Gasteiger partial charge is 0.479 e. The summed E-state index contributed by atoms with van der Waals surface area (Å²) in [6.07, 6.45) is 2.05. The van der Waals surface area contributed by atoms with Gasteiger partial charge in [-0.15, -0.1) is 0 Å². The maximum absolute atomic E-state index is 12.3. The first-order chi connectivity index (χ1) is 10.1. The van der Waals surface area contributed by atoms with Crippen molar-refractivity contribution >= 4 is 12.0 Å². The van der Waals surface area contributed by atoms with E-state index in [9.17, 15) is 14.7 Å². The van der Waals surface area contributed by atoms with Crippen molar-refractivity contribution in [2.75, 3.05) is 6.54 Å². The van der Waals surface area contributed by atoms with Crippen molar-refractivity contribution < 1.29 is 14.7 Å². The molecule has 1 atom stereocenters. The van der Waals surface area contributed by atoms with E-state index < -0.39 is 18.0 Å². The molecule has 1 saturated carbocycles. The Morgan fingerprint density at radius 3 is 2.57 bits per heavy atom. The van der Waals surface area contributed by atoms with Crippen LogP contribution in [0.1, 0.15) is 30.9 Å². The Morgan fingerprint density at radius 1 is 1.38 bits per heavy atom. The summed E-state index contributed by atoms with van der Waals surface area (Å²) in [7, 11) is 0. The molecular weight excluding hydrogens is 270 g/mol. The molecule has 1 aromatic rings. The number of hydrogen-bond donors (Lipinski definition) is 2. The van der Waals surface area contributed by atoms with Gasteiger partial charge in [0, 0.05) is 12.6 Å². The molecule has 1 unspecified atom stereocenters. The van der Waals surface area contributed by atoms with Gasteiger partial charge in [-0.2, -0.15) is 5.26 Å². The van der Waals surface area contributed by atoms with Crippen molar-refractivity contribution in [3.05, 3.63) is 35.9 Å². The normalized spacial score (nSPS) is 14.8. The van der Waals surface area contributed by atoms with Crippen molar-refractivity contribution in [1.29, 1.82) is 5.26 Å². The fourth-order valence-corrected chi connectivity index (χ4v) is 2.15. The molecule has 1 aromatic carbocycles. The highest BCUT2D eigenvalue weighted by Gasteiger charge is 2.34. The van der Waals surface area contributed by atoms with Crippen LogP contribution in [-0.2, 0) is 4.79 Å². The maximum Gasteiger partial charge on any atom is 0.330 e. The third kappa shape index (κ3) is 3.96. The number of carboxylic acids is 1. The molecule has 0 radical (unpaired) electrons. The van der Waals surface area contributed by atoms with Gasteiger partial charge in [-0.25, -0.2) is 9.59 Å². The van der Waals surface area contributed by atoms with Crippen LogP contribution in [0.3, 0.4) is 0 Å². The van der Waals surface area contributed by atoms with Crippen LogP contribution >= 0.6 is 0 Å². The fraction of sp³-hybridized carbons (Fsp3) is 0.400. The zero-order valence-electron chi connectivity index (χ0n) is 11.5. The molecule has 0 aromatic heterocycles. The van der Waals surface area contributed by atoms with Gasteiger partial charge in [-0.05, 0) is 18.4 Å². The second-order valence-electron chi connectivity index (χ2n) is 4.96. The van der Waals surface area contributed by atoms with Gasteiger partial charge in [-0.3, -0.25) is 0 Å². The Kier molecular flexibility index (Phi) is 4.77. The van der Waals surface area contributed by atoms with Gasteiger partial charge in [0.2, 0.25) is 0 Å². The van der Waals surface area contributed by atoms with Crippen molar-refractivity contribution in [2.24, 2.45) is 0 Å². The molecule has 6 heteroatoms. The van der Waals surface area contributed by atoms with Crippen LogP contribution in [-0.4, -0.2) is 34.6 Å². The lowest BCUT2D eigenvalue weighted by Crippen LogP contribution is -2.45. The van der Waals surface area contributed by atoms with Crippen LogP contribution in [0.5, 0.6) is 0 Å². The summed E-state index contributed by atoms with van der Waals surface area (Å²) >= 11 is 0. The highest BCUT2D eigenvalue weighted by atomic mass is 16.4. The smallest absolute Gasteiger partial charge is 0.330 e. The highest BCUT2D eigenvalue weighted by molar-refractivity contribution is 5.84. The number of carboxylic acid groups (broad SMARTS) is 1. The minimum atomic E-state index is -1.11. The first-order valence-corrected chi connectivity index (χ1v) is 6.85. The second kappa shape index (κ2) is 6.75. The summed E-state index contributed by atoms with van der Waals surface area (Å²) in [4.78, 5) is 25.2. The van der Waals surface area contributed by atoms with Crippen LogP contribution in [0.4, 0.5) is 4.79 Å². The van der Waals surface area contributed by atoms with Crippen molar-refractivity contribution in [3.8, 4) is 6.07 Å². The van der Waals surface area contributed by atoms with Crippen molar-refractivity contribution in [3.63, 3.8) is 0 Å². The molecular formula is C15H17N3O3. The number of nitrogens with one attached hydrogen (secondary N) is 1. The van der Waals surface area contributed by atoms with Gasteiger partial charge in [-0.1, -0.05) is 30.3 Å². The Hall–Kier alpha value is -2.55. The molecule has 0 bridgehead atoms. The quantitative estimate of drug-likeness (QED) is 0.835. The highest BCUT2D eigenvalue weighted by Crippen LogP contribution is 2.27. The maximum atomic E-state index is 12.3. The number of nitrogens with zero attached hydrogens (tertiary/aromatic N) is 2. The standard InChI is InChI=1S/C15H17N3O3/c16-9-4-10-18(12-7-8-12)15(21)17-13(14(19)20)11-5-2-1-3-6-11/h1-3,5-6,12-13H,4,7-8,10H2,(H,17,21)(H,19,20). The molecule has 2 N–H and O–H groups in total. The third-order valence-electron chi connectivity index (χ3n) is 3.36. The number of carbonyl (C=O) groups is 2. The average molecular weight is 287 g/mol. The number of carbonyl (C=O) groups excluding carboxylic acids is 1. The number of urea groups is 1. The lowest BCUT2D eigenvalue weighted by Gasteiger charge is -2.24. The zero-order valence-corrected chi connectivity index (χ0v) is 11.5. The van der Waals surface area contributed by atoms with Crippen LogP contribution in [0.15, 0.2) is 30.3 Å². The van der Waals surface area contributed by atoms with E-state index in [1.54, 1.807) is 35.2 Å². The van der Waals surface area contributed by atoms with E-state index in [1.165, 1.54) is 0 Å². The molecule has 0 aliphatic heterocycles. The first kappa shape index (κ1) is 14.9. The van der Waals surface area contributed by atoms with Crippen LogP contribution < -0.4 is 5.32 Å². The van der Waals surface area contributed by atoms with Crippen LogP contribution in [0, 0.1) is 11.3 Å². The van der Waals surface area contributed by atoms with Crippen molar-refractivity contribution in [1.82, 2.24) is 10.2 Å². The summed E-state index contributed by atoms with van der Waals surface area (Å²) in [6.45, 7) is 0.328. The number of nitriles is 1. The average Bonchev–Trinajstić information content (AvgIpc) is 3.30. The number of hydrogen-bond acceptors (Lipinski definition) is 3. The number of aliphatic carboxylic acids is 1. The Bertz CT molecular complexity index is 549. The first-order valence-electron chi connectivity index (χ1n) is 6.85. The van der Waals surface area contributed by atoms with E-state index >= 15 is 0 Å². The lowest BCUT2D eigenvalue weighted by molar-refractivity contribution is -0.139. The van der Waals surface area contributed by atoms with E-state index in [1.807, 2.05) is 6.07 Å². The summed E-state index contributed by atoms with van der Waals surface area (Å²) in [5.41, 5.74) is 0.523. The molecule has 0 spiro atoms. The molecule has 6 nitrogen and oxygen atoms in total. The van der Waals surface area contributed by atoms with Crippen LogP contribution in [0.2, 0.25) is 0 Å². The number of amides is 2. The third-order valence-corrected chi connectivity index (χ3v) is 3.36. The topological polar surface area (TPSA) is 93.4 Å². The Labute approximate surface area is 123 Å². The van der Waals surface area contributed by atoms with Gasteiger partial charge in [0.1, 0.15) is 0 Å². The van der Waals surface area contributed by atoms with Gasteiger partial charge in [0.15, 0.2) is 6.04 Å². The van der Waals surface area contributed by atoms with Gasteiger partial charge >= 0.3 is 12.0 Å². The molecule has 110 valence electrons. The summed E-state index contributed by atoms with van der Waals surface area (Å²) in [5.74, 6) is -1.11. The summed E-state index contributed by atoms with van der Waals surface area (Å²) in [5, 5.41) is 20.5. The van der Waals surface area contributed by atoms with Gasteiger partial charge < -0.3 is 15.3 Å². The Morgan fingerprint density at radius 2 is 2.05 bits per heavy atom. The van der Waals surface area contributed by atoms with E-state index in [2.05, 4.69) is 5.32 Å². The molecule has 2 rings (SSSR count). The van der Waals surface area contributed by atoms with Crippen LogP contribution in [0.25, 0.3) is 0 Å². The van der Waals surface area contributed by atoms with E-state index in [-0.39, 0.29) is 12.5 Å². The SMILES string of the molecule is N#CCCN(C(=O)NC(C(=O)O)c1ccccc1)C1CC1. The zero-order chi connectivity index (χ0) is 15.2. The lowest BCUT2D eigenvalue weighted by atomic mass is 10.1. The van der Waals surface area contributed by atoms with E-state index in [0.29, 0.717) is 12.1 Å². The van der Waals surface area contributed by atoms with E-state index in [0.717, 1.165) is 12.8 Å².